The standard InChI is InChI=1S/C14H19N3/c1-11-5-3-8-17-10-13(15-14(11)17)12-6-4-7-16(2)9-12/h3,5,8,10,12H,4,6-7,9H2,1-2H3. The summed E-state index contributed by atoms with van der Waals surface area (Å²) in [5.74, 6) is 0.605. The van der Waals surface area contributed by atoms with Gasteiger partial charge in [0.05, 0.1) is 5.69 Å². The van der Waals surface area contributed by atoms with Crippen molar-refractivity contribution in [2.75, 3.05) is 20.1 Å². The van der Waals surface area contributed by atoms with Gasteiger partial charge in [-0.05, 0) is 45.0 Å². The molecule has 3 heterocycles. The monoisotopic (exact) mass is 229 g/mol. The summed E-state index contributed by atoms with van der Waals surface area (Å²) in [7, 11) is 2.20. The molecule has 1 aliphatic rings. The van der Waals surface area contributed by atoms with E-state index in [9.17, 15) is 0 Å². The lowest BCUT2D eigenvalue weighted by atomic mass is 9.96. The molecule has 1 aliphatic heterocycles. The molecule has 0 saturated carbocycles. The highest BCUT2D eigenvalue weighted by Crippen LogP contribution is 2.26. The Bertz CT molecular complexity index is 529. The highest BCUT2D eigenvalue weighted by molar-refractivity contribution is 5.48. The number of fused-ring (bicyclic) bond motifs is 1. The van der Waals surface area contributed by atoms with Gasteiger partial charge in [0, 0.05) is 24.9 Å². The van der Waals surface area contributed by atoms with Crippen LogP contribution in [0.2, 0.25) is 0 Å². The maximum atomic E-state index is 4.81. The van der Waals surface area contributed by atoms with Gasteiger partial charge < -0.3 is 9.30 Å². The van der Waals surface area contributed by atoms with Crippen LogP contribution in [-0.2, 0) is 0 Å². The number of imidazole rings is 1. The summed E-state index contributed by atoms with van der Waals surface area (Å²) in [6.07, 6.45) is 6.85. The zero-order valence-corrected chi connectivity index (χ0v) is 10.6. The number of likely N-dealkylation sites (N-methyl/N-ethyl adjacent to an activating group) is 1. The van der Waals surface area contributed by atoms with Crippen molar-refractivity contribution in [3.8, 4) is 0 Å². The van der Waals surface area contributed by atoms with Crippen LogP contribution in [0, 0.1) is 6.92 Å². The molecule has 3 nitrogen and oxygen atoms in total. The van der Waals surface area contributed by atoms with E-state index in [1.165, 1.54) is 30.6 Å². The molecule has 0 amide bonds. The normalized spacial score (nSPS) is 22.1. The van der Waals surface area contributed by atoms with Crippen LogP contribution in [0.1, 0.15) is 30.0 Å². The SMILES string of the molecule is Cc1cccn2cc(C3CCCN(C)C3)nc12. The van der Waals surface area contributed by atoms with E-state index >= 15 is 0 Å². The lowest BCUT2D eigenvalue weighted by Crippen LogP contribution is -2.30. The summed E-state index contributed by atoms with van der Waals surface area (Å²) in [4.78, 5) is 7.21. The molecule has 1 saturated heterocycles. The van der Waals surface area contributed by atoms with E-state index < -0.39 is 0 Å². The van der Waals surface area contributed by atoms with Crippen LogP contribution in [0.5, 0.6) is 0 Å². The van der Waals surface area contributed by atoms with Gasteiger partial charge in [0.15, 0.2) is 0 Å². The molecule has 1 atom stereocenters. The molecule has 3 heteroatoms. The predicted molar refractivity (Wildman–Crippen MR) is 69.4 cm³/mol. The second-order valence-electron chi connectivity index (χ2n) is 5.19. The topological polar surface area (TPSA) is 20.5 Å². The molecular formula is C14H19N3. The van der Waals surface area contributed by atoms with Gasteiger partial charge in [-0.1, -0.05) is 6.07 Å². The summed E-state index contributed by atoms with van der Waals surface area (Å²) >= 11 is 0. The highest BCUT2D eigenvalue weighted by atomic mass is 15.1. The quantitative estimate of drug-likeness (QED) is 0.748. The first-order valence-electron chi connectivity index (χ1n) is 6.37. The zero-order chi connectivity index (χ0) is 11.8. The van der Waals surface area contributed by atoms with E-state index in [-0.39, 0.29) is 0 Å². The minimum absolute atomic E-state index is 0.605. The molecule has 0 radical (unpaired) electrons. The number of rotatable bonds is 1. The third kappa shape index (κ3) is 1.95. The summed E-state index contributed by atoms with van der Waals surface area (Å²) in [6, 6.07) is 4.21. The molecule has 0 N–H and O–H groups in total. The Morgan fingerprint density at radius 2 is 2.29 bits per heavy atom. The Kier molecular flexibility index (Phi) is 2.63. The zero-order valence-electron chi connectivity index (χ0n) is 10.6. The van der Waals surface area contributed by atoms with Gasteiger partial charge in [-0.3, -0.25) is 0 Å². The van der Waals surface area contributed by atoms with Crippen molar-refractivity contribution in [3.63, 3.8) is 0 Å². The average Bonchev–Trinajstić information content (AvgIpc) is 2.74. The number of aromatic nitrogens is 2. The average molecular weight is 229 g/mol. The van der Waals surface area contributed by atoms with E-state index in [4.69, 9.17) is 4.98 Å². The van der Waals surface area contributed by atoms with Crippen molar-refractivity contribution >= 4 is 5.65 Å². The largest absolute Gasteiger partial charge is 0.307 e. The van der Waals surface area contributed by atoms with E-state index in [1.54, 1.807) is 0 Å². The van der Waals surface area contributed by atoms with Crippen LogP contribution in [0.25, 0.3) is 5.65 Å². The second-order valence-corrected chi connectivity index (χ2v) is 5.19. The number of likely N-dealkylation sites (tertiary alicyclic amines) is 1. The van der Waals surface area contributed by atoms with Gasteiger partial charge in [0.2, 0.25) is 0 Å². The Balaban J connectivity index is 1.97. The fourth-order valence-electron chi connectivity index (χ4n) is 2.78. The van der Waals surface area contributed by atoms with Crippen LogP contribution in [0.4, 0.5) is 0 Å². The third-order valence-electron chi connectivity index (χ3n) is 3.74. The molecule has 0 bridgehead atoms. The molecular weight excluding hydrogens is 210 g/mol. The van der Waals surface area contributed by atoms with Gasteiger partial charge in [0.1, 0.15) is 5.65 Å². The van der Waals surface area contributed by atoms with Crippen LogP contribution in [0.15, 0.2) is 24.5 Å². The minimum Gasteiger partial charge on any atom is -0.307 e. The Hall–Kier alpha value is -1.35. The number of hydrogen-bond donors (Lipinski definition) is 0. The molecule has 0 aliphatic carbocycles. The van der Waals surface area contributed by atoms with E-state index in [0.717, 1.165) is 12.2 Å². The first-order valence-corrected chi connectivity index (χ1v) is 6.37. The molecule has 1 fully saturated rings. The van der Waals surface area contributed by atoms with Gasteiger partial charge in [-0.2, -0.15) is 0 Å². The Morgan fingerprint density at radius 3 is 3.06 bits per heavy atom. The Labute approximate surface area is 102 Å². The van der Waals surface area contributed by atoms with E-state index in [2.05, 4.69) is 47.8 Å². The lowest BCUT2D eigenvalue weighted by Gasteiger charge is -2.28. The minimum atomic E-state index is 0.605. The van der Waals surface area contributed by atoms with E-state index in [0.29, 0.717) is 5.92 Å². The van der Waals surface area contributed by atoms with Crippen molar-refractivity contribution in [1.29, 1.82) is 0 Å². The second kappa shape index (κ2) is 4.15. The summed E-state index contributed by atoms with van der Waals surface area (Å²) in [5, 5.41) is 0. The smallest absolute Gasteiger partial charge is 0.139 e. The summed E-state index contributed by atoms with van der Waals surface area (Å²) in [5.41, 5.74) is 3.62. The maximum absolute atomic E-state index is 4.81. The first kappa shape index (κ1) is 10.8. The summed E-state index contributed by atoms with van der Waals surface area (Å²) in [6.45, 7) is 4.49. The van der Waals surface area contributed by atoms with Crippen molar-refractivity contribution < 1.29 is 0 Å². The molecule has 17 heavy (non-hydrogen) atoms. The van der Waals surface area contributed by atoms with Crippen LogP contribution in [0.3, 0.4) is 0 Å². The van der Waals surface area contributed by atoms with Crippen LogP contribution >= 0.6 is 0 Å². The van der Waals surface area contributed by atoms with Crippen molar-refractivity contribution in [1.82, 2.24) is 14.3 Å². The highest BCUT2D eigenvalue weighted by Gasteiger charge is 2.21. The molecule has 2 aromatic heterocycles. The van der Waals surface area contributed by atoms with Gasteiger partial charge in [-0.15, -0.1) is 0 Å². The number of hydrogen-bond acceptors (Lipinski definition) is 2. The van der Waals surface area contributed by atoms with Crippen LogP contribution in [-0.4, -0.2) is 34.4 Å². The molecule has 90 valence electrons. The number of aryl methyl sites for hydroxylation is 1. The molecule has 0 spiro atoms. The fraction of sp³-hybridized carbons (Fsp3) is 0.500. The van der Waals surface area contributed by atoms with Crippen molar-refractivity contribution in [3.05, 3.63) is 35.8 Å². The van der Waals surface area contributed by atoms with Crippen LogP contribution < -0.4 is 0 Å². The molecule has 1 unspecified atom stereocenters. The predicted octanol–water partition coefficient (Wildman–Crippen LogP) is 2.45. The number of pyridine rings is 1. The van der Waals surface area contributed by atoms with Crippen molar-refractivity contribution in [2.24, 2.45) is 0 Å². The first-order chi connectivity index (χ1) is 8.24. The van der Waals surface area contributed by atoms with Gasteiger partial charge >= 0.3 is 0 Å². The third-order valence-corrected chi connectivity index (χ3v) is 3.74. The maximum Gasteiger partial charge on any atom is 0.139 e. The number of nitrogens with zero attached hydrogens (tertiary/aromatic N) is 3. The van der Waals surface area contributed by atoms with Crippen molar-refractivity contribution in [2.45, 2.75) is 25.7 Å². The van der Waals surface area contributed by atoms with Gasteiger partial charge in [-0.25, -0.2) is 4.98 Å². The fourth-order valence-corrected chi connectivity index (χ4v) is 2.78. The number of piperidine rings is 1. The molecule has 3 rings (SSSR count). The lowest BCUT2D eigenvalue weighted by molar-refractivity contribution is 0.249. The van der Waals surface area contributed by atoms with Gasteiger partial charge in [0.25, 0.3) is 0 Å². The molecule has 0 aromatic carbocycles. The Morgan fingerprint density at radius 1 is 1.41 bits per heavy atom. The summed E-state index contributed by atoms with van der Waals surface area (Å²) < 4.78 is 2.15. The molecule has 2 aromatic rings. The van der Waals surface area contributed by atoms with E-state index in [1.807, 2.05) is 0 Å².